The number of aromatic nitrogens is 2. The topological polar surface area (TPSA) is 82.2 Å². The summed E-state index contributed by atoms with van der Waals surface area (Å²) in [7, 11) is 1.86. The summed E-state index contributed by atoms with van der Waals surface area (Å²) in [5.41, 5.74) is 8.09. The van der Waals surface area contributed by atoms with Crippen LogP contribution in [0.1, 0.15) is 47.3 Å². The van der Waals surface area contributed by atoms with Crippen molar-refractivity contribution in [1.29, 1.82) is 0 Å². The standard InChI is InChI=1S/C18H26N4O2/c1-4-16(14-11-20-22(3)12-14)21-18(23)15-7-6-13(2)10-17(15)24-9-5-8-19/h6-7,10-12,16H,4-5,8-9,19H2,1-3H3,(H,21,23). The van der Waals surface area contributed by atoms with E-state index >= 15 is 0 Å². The highest BCUT2D eigenvalue weighted by molar-refractivity contribution is 5.97. The molecular weight excluding hydrogens is 304 g/mol. The minimum absolute atomic E-state index is 0.0793. The zero-order valence-corrected chi connectivity index (χ0v) is 14.6. The molecular formula is C18H26N4O2. The smallest absolute Gasteiger partial charge is 0.255 e. The van der Waals surface area contributed by atoms with Gasteiger partial charge in [0.05, 0.1) is 24.4 Å². The molecule has 0 aliphatic rings. The Morgan fingerprint density at radius 2 is 2.25 bits per heavy atom. The first-order valence-electron chi connectivity index (χ1n) is 8.28. The highest BCUT2D eigenvalue weighted by Gasteiger charge is 2.18. The predicted molar refractivity (Wildman–Crippen MR) is 94.1 cm³/mol. The Morgan fingerprint density at radius 1 is 1.46 bits per heavy atom. The van der Waals surface area contributed by atoms with E-state index in [4.69, 9.17) is 10.5 Å². The van der Waals surface area contributed by atoms with Crippen LogP contribution in [0.2, 0.25) is 0 Å². The van der Waals surface area contributed by atoms with Gasteiger partial charge in [-0.15, -0.1) is 0 Å². The monoisotopic (exact) mass is 330 g/mol. The summed E-state index contributed by atoms with van der Waals surface area (Å²) in [6.45, 7) is 5.07. The lowest BCUT2D eigenvalue weighted by Crippen LogP contribution is -2.28. The Kier molecular flexibility index (Phi) is 6.37. The summed E-state index contributed by atoms with van der Waals surface area (Å²) in [4.78, 5) is 12.7. The molecule has 2 rings (SSSR count). The zero-order chi connectivity index (χ0) is 17.5. The van der Waals surface area contributed by atoms with E-state index in [0.717, 1.165) is 24.0 Å². The van der Waals surface area contributed by atoms with Crippen molar-refractivity contribution in [2.75, 3.05) is 13.2 Å². The molecule has 0 fully saturated rings. The van der Waals surface area contributed by atoms with Crippen molar-refractivity contribution in [3.8, 4) is 5.75 Å². The van der Waals surface area contributed by atoms with E-state index in [-0.39, 0.29) is 11.9 Å². The van der Waals surface area contributed by atoms with Gasteiger partial charge in [-0.3, -0.25) is 9.48 Å². The fourth-order valence-electron chi connectivity index (χ4n) is 2.48. The van der Waals surface area contributed by atoms with Crippen LogP contribution >= 0.6 is 0 Å². The number of ether oxygens (including phenoxy) is 1. The van der Waals surface area contributed by atoms with Crippen molar-refractivity contribution in [2.24, 2.45) is 12.8 Å². The molecule has 1 amide bonds. The lowest BCUT2D eigenvalue weighted by atomic mass is 10.1. The number of hydrogen-bond donors (Lipinski definition) is 2. The molecule has 130 valence electrons. The molecule has 1 heterocycles. The van der Waals surface area contributed by atoms with Gasteiger partial charge in [0.25, 0.3) is 5.91 Å². The first-order valence-corrected chi connectivity index (χ1v) is 8.28. The van der Waals surface area contributed by atoms with E-state index in [1.165, 1.54) is 0 Å². The number of rotatable bonds is 8. The van der Waals surface area contributed by atoms with Gasteiger partial charge in [-0.25, -0.2) is 0 Å². The van der Waals surface area contributed by atoms with Crippen LogP contribution in [0, 0.1) is 6.92 Å². The number of aryl methyl sites for hydroxylation is 2. The SMILES string of the molecule is CCC(NC(=O)c1ccc(C)cc1OCCCN)c1cnn(C)c1. The quantitative estimate of drug-likeness (QED) is 0.728. The highest BCUT2D eigenvalue weighted by atomic mass is 16.5. The fraction of sp³-hybridized carbons (Fsp3) is 0.444. The van der Waals surface area contributed by atoms with Crippen molar-refractivity contribution in [3.05, 3.63) is 47.3 Å². The van der Waals surface area contributed by atoms with Crippen LogP contribution in [0.25, 0.3) is 0 Å². The van der Waals surface area contributed by atoms with Crippen LogP contribution in [-0.2, 0) is 7.05 Å². The molecule has 6 nitrogen and oxygen atoms in total. The number of carbonyl (C=O) groups excluding carboxylic acids is 1. The highest BCUT2D eigenvalue weighted by Crippen LogP contribution is 2.23. The maximum Gasteiger partial charge on any atom is 0.255 e. The van der Waals surface area contributed by atoms with E-state index in [1.807, 2.05) is 39.2 Å². The lowest BCUT2D eigenvalue weighted by molar-refractivity contribution is 0.0931. The third kappa shape index (κ3) is 4.58. The number of nitrogens with zero attached hydrogens (tertiary/aromatic N) is 2. The van der Waals surface area contributed by atoms with Crippen LogP contribution in [0.4, 0.5) is 0 Å². The molecule has 2 aromatic rings. The first-order chi connectivity index (χ1) is 11.5. The largest absolute Gasteiger partial charge is 0.493 e. The molecule has 0 aliphatic carbocycles. The van der Waals surface area contributed by atoms with Gasteiger partial charge in [0, 0.05) is 18.8 Å². The molecule has 1 unspecified atom stereocenters. The summed E-state index contributed by atoms with van der Waals surface area (Å²) in [5.74, 6) is 0.454. The number of nitrogens with one attached hydrogen (secondary N) is 1. The second kappa shape index (κ2) is 8.49. The van der Waals surface area contributed by atoms with Crippen LogP contribution in [0.5, 0.6) is 5.75 Å². The predicted octanol–water partition coefficient (Wildman–Crippen LogP) is 2.34. The zero-order valence-electron chi connectivity index (χ0n) is 14.6. The molecule has 1 aromatic heterocycles. The van der Waals surface area contributed by atoms with Crippen molar-refractivity contribution >= 4 is 5.91 Å². The number of amides is 1. The number of hydrogen-bond acceptors (Lipinski definition) is 4. The molecule has 0 saturated heterocycles. The maximum absolute atomic E-state index is 12.7. The van der Waals surface area contributed by atoms with E-state index in [9.17, 15) is 4.79 Å². The van der Waals surface area contributed by atoms with Crippen molar-refractivity contribution in [1.82, 2.24) is 15.1 Å². The number of benzene rings is 1. The van der Waals surface area contributed by atoms with Gasteiger partial charge in [-0.1, -0.05) is 13.0 Å². The van der Waals surface area contributed by atoms with E-state index in [2.05, 4.69) is 10.4 Å². The molecule has 0 spiro atoms. The summed E-state index contributed by atoms with van der Waals surface area (Å²) in [6, 6.07) is 5.52. The van der Waals surface area contributed by atoms with Gasteiger partial charge in [0.1, 0.15) is 5.75 Å². The van der Waals surface area contributed by atoms with Crippen molar-refractivity contribution in [2.45, 2.75) is 32.7 Å². The average molecular weight is 330 g/mol. The Balaban J connectivity index is 2.15. The third-order valence-corrected chi connectivity index (χ3v) is 3.83. The molecule has 1 aromatic carbocycles. The lowest BCUT2D eigenvalue weighted by Gasteiger charge is -2.17. The van der Waals surface area contributed by atoms with Crippen LogP contribution in [-0.4, -0.2) is 28.8 Å². The normalized spacial score (nSPS) is 12.0. The molecule has 1 atom stereocenters. The Hall–Kier alpha value is -2.34. The molecule has 0 bridgehead atoms. The molecule has 0 saturated carbocycles. The minimum atomic E-state index is -0.145. The molecule has 24 heavy (non-hydrogen) atoms. The first kappa shape index (κ1) is 18.0. The van der Waals surface area contributed by atoms with Gasteiger partial charge < -0.3 is 15.8 Å². The third-order valence-electron chi connectivity index (χ3n) is 3.83. The van der Waals surface area contributed by atoms with Gasteiger partial charge in [-0.05, 0) is 44.0 Å². The van der Waals surface area contributed by atoms with Crippen LogP contribution in [0.3, 0.4) is 0 Å². The second-order valence-corrected chi connectivity index (χ2v) is 5.87. The van der Waals surface area contributed by atoms with E-state index in [1.54, 1.807) is 16.9 Å². The number of carbonyl (C=O) groups is 1. The van der Waals surface area contributed by atoms with E-state index < -0.39 is 0 Å². The summed E-state index contributed by atoms with van der Waals surface area (Å²) in [6.07, 6.45) is 5.24. The Bertz CT molecular complexity index is 681. The summed E-state index contributed by atoms with van der Waals surface area (Å²) >= 11 is 0. The van der Waals surface area contributed by atoms with Crippen molar-refractivity contribution < 1.29 is 9.53 Å². The van der Waals surface area contributed by atoms with Gasteiger partial charge in [0.15, 0.2) is 0 Å². The maximum atomic E-state index is 12.7. The van der Waals surface area contributed by atoms with Gasteiger partial charge in [0.2, 0.25) is 0 Å². The average Bonchev–Trinajstić information content (AvgIpc) is 2.99. The van der Waals surface area contributed by atoms with Gasteiger partial charge in [-0.2, -0.15) is 5.10 Å². The summed E-state index contributed by atoms with van der Waals surface area (Å²) in [5, 5.41) is 7.24. The minimum Gasteiger partial charge on any atom is -0.493 e. The molecule has 3 N–H and O–H groups in total. The molecule has 0 radical (unpaired) electrons. The Morgan fingerprint density at radius 3 is 2.88 bits per heavy atom. The van der Waals surface area contributed by atoms with Crippen molar-refractivity contribution in [3.63, 3.8) is 0 Å². The Labute approximate surface area is 143 Å². The fourth-order valence-corrected chi connectivity index (χ4v) is 2.48. The van der Waals surface area contributed by atoms with Crippen LogP contribution in [0.15, 0.2) is 30.6 Å². The van der Waals surface area contributed by atoms with Crippen LogP contribution < -0.4 is 15.8 Å². The summed E-state index contributed by atoms with van der Waals surface area (Å²) < 4.78 is 7.48. The molecule has 6 heteroatoms. The molecule has 0 aliphatic heterocycles. The second-order valence-electron chi connectivity index (χ2n) is 5.87. The van der Waals surface area contributed by atoms with Gasteiger partial charge >= 0.3 is 0 Å². The van der Waals surface area contributed by atoms with E-state index in [0.29, 0.717) is 24.5 Å². The number of nitrogens with two attached hydrogens (primary N) is 1.